The van der Waals surface area contributed by atoms with Gasteiger partial charge in [-0.3, -0.25) is 9.69 Å². The van der Waals surface area contributed by atoms with E-state index in [0.717, 1.165) is 0 Å². The predicted octanol–water partition coefficient (Wildman–Crippen LogP) is 5.78. The number of thiocarbonyl (C=S) groups is 1. The second kappa shape index (κ2) is 8.05. The Morgan fingerprint density at radius 2 is 2.08 bits per heavy atom. The Hall–Kier alpha value is -1.47. The van der Waals surface area contributed by atoms with Crippen molar-refractivity contribution < 1.29 is 13.9 Å². The Morgan fingerprint density at radius 3 is 2.77 bits per heavy atom. The number of rotatable bonds is 5. The van der Waals surface area contributed by atoms with E-state index in [1.807, 2.05) is 13.8 Å². The molecule has 2 aromatic rings. The van der Waals surface area contributed by atoms with E-state index in [9.17, 15) is 4.79 Å². The standard InChI is InChI=1S/C18H15Cl2NO3S2/c1-10(2)21-17(22)15(26-18(21)25)8-11-6-7-12(24-11)9-23-14-5-3-4-13(19)16(14)20/h3-8,10H,9H2,1-2H3/b15-8-. The topological polar surface area (TPSA) is 42.7 Å². The lowest BCUT2D eigenvalue weighted by molar-refractivity contribution is -0.123. The maximum absolute atomic E-state index is 12.4. The molecule has 0 spiro atoms. The molecule has 0 atom stereocenters. The molecule has 0 bridgehead atoms. The van der Waals surface area contributed by atoms with Crippen molar-refractivity contribution >= 4 is 63.5 Å². The highest BCUT2D eigenvalue weighted by atomic mass is 35.5. The van der Waals surface area contributed by atoms with E-state index >= 15 is 0 Å². The number of nitrogens with zero attached hydrogens (tertiary/aromatic N) is 1. The lowest BCUT2D eigenvalue weighted by atomic mass is 10.3. The Balaban J connectivity index is 1.70. The van der Waals surface area contributed by atoms with Gasteiger partial charge in [0.2, 0.25) is 0 Å². The maximum atomic E-state index is 12.4. The van der Waals surface area contributed by atoms with Crippen molar-refractivity contribution in [3.8, 4) is 5.75 Å². The summed E-state index contributed by atoms with van der Waals surface area (Å²) in [4.78, 5) is 14.5. The first kappa shape index (κ1) is 19.3. The summed E-state index contributed by atoms with van der Waals surface area (Å²) in [5, 5.41) is 0.787. The molecule has 2 heterocycles. The number of thioether (sulfide) groups is 1. The van der Waals surface area contributed by atoms with Crippen LogP contribution in [0.25, 0.3) is 6.08 Å². The van der Waals surface area contributed by atoms with Gasteiger partial charge in [-0.25, -0.2) is 0 Å². The Bertz CT molecular complexity index is 892. The van der Waals surface area contributed by atoms with Crippen molar-refractivity contribution in [3.63, 3.8) is 0 Å². The number of benzene rings is 1. The monoisotopic (exact) mass is 427 g/mol. The molecular weight excluding hydrogens is 413 g/mol. The molecule has 0 N–H and O–H groups in total. The summed E-state index contributed by atoms with van der Waals surface area (Å²) in [6, 6.07) is 8.77. The maximum Gasteiger partial charge on any atom is 0.266 e. The zero-order valence-electron chi connectivity index (χ0n) is 14.0. The fraction of sp³-hybridized carbons (Fsp3) is 0.222. The number of furan rings is 1. The normalized spacial score (nSPS) is 16.2. The van der Waals surface area contributed by atoms with Crippen LogP contribution in [0, 0.1) is 0 Å². The molecule has 0 radical (unpaired) electrons. The first-order valence-corrected chi connectivity index (χ1v) is 9.77. The molecule has 1 fully saturated rings. The van der Waals surface area contributed by atoms with Gasteiger partial charge in [-0.05, 0) is 38.1 Å². The van der Waals surface area contributed by atoms with Gasteiger partial charge in [0.05, 0.1) is 9.93 Å². The van der Waals surface area contributed by atoms with Gasteiger partial charge in [-0.1, -0.05) is 53.2 Å². The second-order valence-electron chi connectivity index (χ2n) is 5.79. The van der Waals surface area contributed by atoms with Crippen LogP contribution in [0.4, 0.5) is 0 Å². The van der Waals surface area contributed by atoms with Crippen molar-refractivity contribution in [1.82, 2.24) is 4.90 Å². The van der Waals surface area contributed by atoms with E-state index in [-0.39, 0.29) is 18.6 Å². The third-order valence-electron chi connectivity index (χ3n) is 3.58. The van der Waals surface area contributed by atoms with Gasteiger partial charge in [-0.15, -0.1) is 0 Å². The van der Waals surface area contributed by atoms with Crippen LogP contribution in [-0.2, 0) is 11.4 Å². The van der Waals surface area contributed by atoms with Gasteiger partial charge in [0.1, 0.15) is 33.2 Å². The summed E-state index contributed by atoms with van der Waals surface area (Å²) < 4.78 is 11.9. The number of halogens is 2. The minimum atomic E-state index is -0.102. The van der Waals surface area contributed by atoms with Crippen molar-refractivity contribution in [1.29, 1.82) is 0 Å². The summed E-state index contributed by atoms with van der Waals surface area (Å²) >= 11 is 18.6. The molecule has 1 aliphatic rings. The van der Waals surface area contributed by atoms with Crippen LogP contribution >= 0.6 is 47.2 Å². The molecule has 26 heavy (non-hydrogen) atoms. The lowest BCUT2D eigenvalue weighted by Gasteiger charge is -2.18. The van der Waals surface area contributed by atoms with Gasteiger partial charge < -0.3 is 9.15 Å². The minimum absolute atomic E-state index is 0.0245. The predicted molar refractivity (Wildman–Crippen MR) is 110 cm³/mol. The molecule has 1 saturated heterocycles. The van der Waals surface area contributed by atoms with Crippen LogP contribution < -0.4 is 4.74 Å². The van der Waals surface area contributed by atoms with Crippen molar-refractivity contribution in [2.24, 2.45) is 0 Å². The first-order valence-electron chi connectivity index (χ1n) is 7.79. The highest BCUT2D eigenvalue weighted by Gasteiger charge is 2.33. The van der Waals surface area contributed by atoms with E-state index < -0.39 is 0 Å². The quantitative estimate of drug-likeness (QED) is 0.447. The van der Waals surface area contributed by atoms with E-state index in [1.165, 1.54) is 11.8 Å². The molecule has 1 aromatic heterocycles. The number of ether oxygens (including phenoxy) is 1. The largest absolute Gasteiger partial charge is 0.484 e. The number of hydrogen-bond donors (Lipinski definition) is 0. The number of carbonyl (C=O) groups excluding carboxylic acids is 1. The van der Waals surface area contributed by atoms with Gasteiger partial charge in [0, 0.05) is 12.1 Å². The average Bonchev–Trinajstić information content (AvgIpc) is 3.13. The molecule has 8 heteroatoms. The third kappa shape index (κ3) is 4.09. The van der Waals surface area contributed by atoms with Crippen LogP contribution in [0.5, 0.6) is 5.75 Å². The summed E-state index contributed by atoms with van der Waals surface area (Å²) in [6.45, 7) is 4.05. The third-order valence-corrected chi connectivity index (χ3v) is 5.71. The van der Waals surface area contributed by atoms with E-state index in [1.54, 1.807) is 41.3 Å². The number of hydrogen-bond acceptors (Lipinski definition) is 5. The second-order valence-corrected chi connectivity index (χ2v) is 8.25. The minimum Gasteiger partial charge on any atom is -0.484 e. The molecule has 4 nitrogen and oxygen atoms in total. The van der Waals surface area contributed by atoms with Crippen LogP contribution in [-0.4, -0.2) is 21.2 Å². The fourth-order valence-corrected chi connectivity index (χ4v) is 4.20. The van der Waals surface area contributed by atoms with Crippen LogP contribution in [0.1, 0.15) is 25.4 Å². The SMILES string of the molecule is CC(C)N1C(=O)/C(=C/c2ccc(COc3cccc(Cl)c3Cl)o2)SC1=S. The van der Waals surface area contributed by atoms with E-state index in [2.05, 4.69) is 0 Å². The zero-order valence-corrected chi connectivity index (χ0v) is 17.1. The highest BCUT2D eigenvalue weighted by molar-refractivity contribution is 8.26. The molecule has 1 amide bonds. The summed E-state index contributed by atoms with van der Waals surface area (Å²) in [5.41, 5.74) is 0. The Labute approximate surface area is 171 Å². The van der Waals surface area contributed by atoms with E-state index in [4.69, 9.17) is 44.6 Å². The van der Waals surface area contributed by atoms with Crippen LogP contribution in [0.2, 0.25) is 10.0 Å². The number of carbonyl (C=O) groups is 1. The molecular formula is C18H15Cl2NO3S2. The smallest absolute Gasteiger partial charge is 0.266 e. The molecule has 1 aliphatic heterocycles. The molecule has 3 rings (SSSR count). The van der Waals surface area contributed by atoms with Crippen LogP contribution in [0.15, 0.2) is 39.7 Å². The van der Waals surface area contributed by atoms with Crippen LogP contribution in [0.3, 0.4) is 0 Å². The summed E-state index contributed by atoms with van der Waals surface area (Å²) in [6.07, 6.45) is 1.69. The highest BCUT2D eigenvalue weighted by Crippen LogP contribution is 2.34. The first-order chi connectivity index (χ1) is 12.4. The summed E-state index contributed by atoms with van der Waals surface area (Å²) in [5.74, 6) is 1.54. The van der Waals surface area contributed by atoms with Gasteiger partial charge in [0.25, 0.3) is 5.91 Å². The zero-order chi connectivity index (χ0) is 18.8. The Kier molecular flexibility index (Phi) is 5.97. The molecule has 1 aromatic carbocycles. The average molecular weight is 428 g/mol. The lowest BCUT2D eigenvalue weighted by Crippen LogP contribution is -2.34. The van der Waals surface area contributed by atoms with Gasteiger partial charge >= 0.3 is 0 Å². The van der Waals surface area contributed by atoms with Crippen molar-refractivity contribution in [2.75, 3.05) is 0 Å². The number of amides is 1. The molecule has 0 aliphatic carbocycles. The Morgan fingerprint density at radius 1 is 1.31 bits per heavy atom. The van der Waals surface area contributed by atoms with Gasteiger partial charge in [-0.2, -0.15) is 0 Å². The molecule has 136 valence electrons. The summed E-state index contributed by atoms with van der Waals surface area (Å²) in [7, 11) is 0. The molecule has 0 saturated carbocycles. The molecule has 0 unspecified atom stereocenters. The van der Waals surface area contributed by atoms with E-state index in [0.29, 0.717) is 36.5 Å². The van der Waals surface area contributed by atoms with Gasteiger partial charge in [0.15, 0.2) is 0 Å². The fourth-order valence-electron chi connectivity index (χ4n) is 2.35. The van der Waals surface area contributed by atoms with Crippen molar-refractivity contribution in [3.05, 3.63) is 56.8 Å². The van der Waals surface area contributed by atoms with Crippen molar-refractivity contribution in [2.45, 2.75) is 26.5 Å².